The van der Waals surface area contributed by atoms with Gasteiger partial charge in [-0.2, -0.15) is 0 Å². The Morgan fingerprint density at radius 2 is 2.00 bits per heavy atom. The molecule has 1 aromatic rings. The van der Waals surface area contributed by atoms with E-state index in [1.165, 1.54) is 17.0 Å². The molecule has 1 aromatic carbocycles. The number of hydrogen-bond acceptors (Lipinski definition) is 3. The summed E-state index contributed by atoms with van der Waals surface area (Å²) in [6.07, 6.45) is 0. The number of hydrogen-bond donors (Lipinski definition) is 1. The molecule has 0 aliphatic rings. The van der Waals surface area contributed by atoms with Crippen LogP contribution in [0.25, 0.3) is 0 Å². The second-order valence-electron chi connectivity index (χ2n) is 3.85. The first kappa shape index (κ1) is 16.7. The molecule has 0 bridgehead atoms. The fourth-order valence-electron chi connectivity index (χ4n) is 1.29. The molecule has 0 aliphatic carbocycles. The average Bonchev–Trinajstić information content (AvgIpc) is 2.30. The molecule has 18 heavy (non-hydrogen) atoms. The molecular formula is C12H18ClFN2O2. The second-order valence-corrected chi connectivity index (χ2v) is 3.85. The lowest BCUT2D eigenvalue weighted by atomic mass is 10.3. The molecule has 0 saturated heterocycles. The maximum Gasteiger partial charge on any atom is 0.239 e. The van der Waals surface area contributed by atoms with Crippen LogP contribution in [-0.4, -0.2) is 37.0 Å². The number of nitrogens with two attached hydrogens (primary N) is 1. The third kappa shape index (κ3) is 5.33. The van der Waals surface area contributed by atoms with E-state index in [4.69, 9.17) is 10.5 Å². The molecule has 0 heterocycles. The van der Waals surface area contributed by atoms with Gasteiger partial charge in [-0.1, -0.05) is 0 Å². The first-order valence-corrected chi connectivity index (χ1v) is 5.39. The van der Waals surface area contributed by atoms with E-state index < -0.39 is 6.04 Å². The zero-order valence-electron chi connectivity index (χ0n) is 10.4. The van der Waals surface area contributed by atoms with Crippen molar-refractivity contribution in [3.63, 3.8) is 0 Å². The molecule has 0 spiro atoms. The minimum atomic E-state index is -0.508. The number of likely N-dealkylation sites (N-methyl/N-ethyl adjacent to an activating group) is 1. The van der Waals surface area contributed by atoms with E-state index in [1.54, 1.807) is 26.1 Å². The minimum absolute atomic E-state index is 0. The SMILES string of the molecule is C[C@@H](N)C(=O)N(C)CCOc1ccc(F)cc1.Cl. The number of rotatable bonds is 5. The van der Waals surface area contributed by atoms with Crippen molar-refractivity contribution in [3.05, 3.63) is 30.1 Å². The summed E-state index contributed by atoms with van der Waals surface area (Å²) in [4.78, 5) is 12.9. The molecule has 0 aromatic heterocycles. The number of benzene rings is 1. The van der Waals surface area contributed by atoms with Gasteiger partial charge in [0.2, 0.25) is 5.91 Å². The Bertz CT molecular complexity index is 371. The van der Waals surface area contributed by atoms with Crippen LogP contribution in [0.3, 0.4) is 0 Å². The van der Waals surface area contributed by atoms with Crippen LogP contribution in [0.1, 0.15) is 6.92 Å². The third-order valence-electron chi connectivity index (χ3n) is 2.27. The van der Waals surface area contributed by atoms with Crippen LogP contribution in [-0.2, 0) is 4.79 Å². The summed E-state index contributed by atoms with van der Waals surface area (Å²) < 4.78 is 18.0. The van der Waals surface area contributed by atoms with Gasteiger partial charge >= 0.3 is 0 Å². The number of carbonyl (C=O) groups is 1. The highest BCUT2D eigenvalue weighted by molar-refractivity contribution is 5.85. The van der Waals surface area contributed by atoms with Crippen molar-refractivity contribution in [2.45, 2.75) is 13.0 Å². The minimum Gasteiger partial charge on any atom is -0.492 e. The number of amides is 1. The van der Waals surface area contributed by atoms with Crippen molar-refractivity contribution in [2.24, 2.45) is 5.73 Å². The van der Waals surface area contributed by atoms with Crippen molar-refractivity contribution in [1.29, 1.82) is 0 Å². The standard InChI is InChI=1S/C12H17FN2O2.ClH/c1-9(14)12(16)15(2)7-8-17-11-5-3-10(13)4-6-11;/h3-6,9H,7-8,14H2,1-2H3;1H/t9-;/m1./s1. The van der Waals surface area contributed by atoms with Gasteiger partial charge < -0.3 is 15.4 Å². The van der Waals surface area contributed by atoms with Gasteiger partial charge in [0.15, 0.2) is 0 Å². The lowest BCUT2D eigenvalue weighted by Gasteiger charge is -2.19. The summed E-state index contributed by atoms with van der Waals surface area (Å²) in [5.41, 5.74) is 5.46. The highest BCUT2D eigenvalue weighted by Crippen LogP contribution is 2.10. The molecule has 102 valence electrons. The van der Waals surface area contributed by atoms with E-state index in [0.717, 1.165) is 0 Å². The zero-order valence-corrected chi connectivity index (χ0v) is 11.2. The maximum atomic E-state index is 12.6. The van der Waals surface area contributed by atoms with Gasteiger partial charge in [-0.25, -0.2) is 4.39 Å². The molecule has 0 unspecified atom stereocenters. The van der Waals surface area contributed by atoms with Crippen molar-refractivity contribution in [2.75, 3.05) is 20.2 Å². The first-order chi connectivity index (χ1) is 8.00. The summed E-state index contributed by atoms with van der Waals surface area (Å²) in [6, 6.07) is 5.23. The molecule has 0 aliphatic heterocycles. The molecule has 1 amide bonds. The molecule has 4 nitrogen and oxygen atoms in total. The van der Waals surface area contributed by atoms with Crippen LogP contribution in [0.2, 0.25) is 0 Å². The lowest BCUT2D eigenvalue weighted by Crippen LogP contribution is -2.41. The van der Waals surface area contributed by atoms with Crippen molar-refractivity contribution < 1.29 is 13.9 Å². The summed E-state index contributed by atoms with van der Waals surface area (Å²) >= 11 is 0. The van der Waals surface area contributed by atoms with Crippen LogP contribution < -0.4 is 10.5 Å². The van der Waals surface area contributed by atoms with Crippen LogP contribution in [0.5, 0.6) is 5.75 Å². The highest BCUT2D eigenvalue weighted by Gasteiger charge is 2.12. The number of halogens is 2. The van der Waals surface area contributed by atoms with Gasteiger partial charge in [0.1, 0.15) is 18.2 Å². The summed E-state index contributed by atoms with van der Waals surface area (Å²) in [7, 11) is 1.67. The maximum absolute atomic E-state index is 12.6. The van der Waals surface area contributed by atoms with E-state index in [0.29, 0.717) is 18.9 Å². The van der Waals surface area contributed by atoms with E-state index in [1.807, 2.05) is 0 Å². The lowest BCUT2D eigenvalue weighted by molar-refractivity contribution is -0.131. The molecular weight excluding hydrogens is 259 g/mol. The van der Waals surface area contributed by atoms with E-state index in [-0.39, 0.29) is 24.1 Å². The van der Waals surface area contributed by atoms with Crippen LogP contribution in [0.4, 0.5) is 4.39 Å². The normalized spacial score (nSPS) is 11.3. The summed E-state index contributed by atoms with van der Waals surface area (Å²) in [5.74, 6) is 0.141. The molecule has 0 radical (unpaired) electrons. The van der Waals surface area contributed by atoms with Crippen molar-refractivity contribution in [1.82, 2.24) is 4.90 Å². The Balaban J connectivity index is 0.00000289. The number of carbonyl (C=O) groups excluding carboxylic acids is 1. The van der Waals surface area contributed by atoms with Gasteiger partial charge in [0.25, 0.3) is 0 Å². The van der Waals surface area contributed by atoms with E-state index in [2.05, 4.69) is 0 Å². The predicted octanol–water partition coefficient (Wildman–Crippen LogP) is 1.43. The first-order valence-electron chi connectivity index (χ1n) is 5.39. The fourth-order valence-corrected chi connectivity index (χ4v) is 1.29. The topological polar surface area (TPSA) is 55.6 Å². The monoisotopic (exact) mass is 276 g/mol. The van der Waals surface area contributed by atoms with Gasteiger partial charge in [-0.3, -0.25) is 4.79 Å². The molecule has 0 saturated carbocycles. The Hall–Kier alpha value is -1.33. The Morgan fingerprint density at radius 1 is 1.44 bits per heavy atom. The van der Waals surface area contributed by atoms with Gasteiger partial charge in [0.05, 0.1) is 12.6 Å². The molecule has 0 fully saturated rings. The van der Waals surface area contributed by atoms with Gasteiger partial charge in [0, 0.05) is 7.05 Å². The highest BCUT2D eigenvalue weighted by atomic mass is 35.5. The second kappa shape index (κ2) is 7.89. The summed E-state index contributed by atoms with van der Waals surface area (Å²) in [6.45, 7) is 2.43. The van der Waals surface area contributed by atoms with Crippen molar-refractivity contribution in [3.8, 4) is 5.75 Å². The van der Waals surface area contributed by atoms with E-state index in [9.17, 15) is 9.18 Å². The number of nitrogens with zero attached hydrogens (tertiary/aromatic N) is 1. The predicted molar refractivity (Wildman–Crippen MR) is 70.4 cm³/mol. The van der Waals surface area contributed by atoms with Crippen LogP contribution in [0, 0.1) is 5.82 Å². The smallest absolute Gasteiger partial charge is 0.239 e. The molecule has 2 N–H and O–H groups in total. The van der Waals surface area contributed by atoms with Crippen LogP contribution >= 0.6 is 12.4 Å². The largest absolute Gasteiger partial charge is 0.492 e. The quantitative estimate of drug-likeness (QED) is 0.885. The van der Waals surface area contributed by atoms with Crippen LogP contribution in [0.15, 0.2) is 24.3 Å². The fraction of sp³-hybridized carbons (Fsp3) is 0.417. The third-order valence-corrected chi connectivity index (χ3v) is 2.27. The number of ether oxygens (including phenoxy) is 1. The van der Waals surface area contributed by atoms with Gasteiger partial charge in [-0.15, -0.1) is 12.4 Å². The summed E-state index contributed by atoms with van der Waals surface area (Å²) in [5, 5.41) is 0. The molecule has 1 atom stereocenters. The molecule has 1 rings (SSSR count). The average molecular weight is 277 g/mol. The van der Waals surface area contributed by atoms with E-state index >= 15 is 0 Å². The zero-order chi connectivity index (χ0) is 12.8. The van der Waals surface area contributed by atoms with Gasteiger partial charge in [-0.05, 0) is 31.2 Å². The van der Waals surface area contributed by atoms with Crippen molar-refractivity contribution >= 4 is 18.3 Å². The molecule has 6 heteroatoms. The Kier molecular flexibility index (Phi) is 7.31. The Labute approximate surface area is 112 Å². The Morgan fingerprint density at radius 3 is 2.50 bits per heavy atom.